The molecular weight excluding hydrogens is 829 g/mol. The van der Waals surface area contributed by atoms with E-state index in [0.717, 1.165) is 70.6 Å². The van der Waals surface area contributed by atoms with Crippen LogP contribution in [0.1, 0.15) is 303 Å². The van der Waals surface area contributed by atoms with Crippen LogP contribution in [0.15, 0.2) is 48.6 Å². The van der Waals surface area contributed by atoms with Gasteiger partial charge in [0, 0.05) is 19.3 Å². The van der Waals surface area contributed by atoms with E-state index in [0.29, 0.717) is 19.3 Å². The Balaban J connectivity index is 4.42. The summed E-state index contributed by atoms with van der Waals surface area (Å²) < 4.78 is 16.8. The molecule has 6 nitrogen and oxygen atoms in total. The second-order valence-corrected chi connectivity index (χ2v) is 19.6. The Hall–Kier alpha value is -2.63. The van der Waals surface area contributed by atoms with Crippen molar-refractivity contribution in [3.05, 3.63) is 48.6 Å². The Morgan fingerprint density at radius 3 is 0.910 bits per heavy atom. The fourth-order valence-electron chi connectivity index (χ4n) is 8.40. The van der Waals surface area contributed by atoms with Crippen molar-refractivity contribution in [2.75, 3.05) is 13.2 Å². The van der Waals surface area contributed by atoms with Crippen molar-refractivity contribution in [3.8, 4) is 0 Å². The van der Waals surface area contributed by atoms with E-state index in [1.165, 1.54) is 186 Å². The van der Waals surface area contributed by atoms with Gasteiger partial charge in [-0.3, -0.25) is 14.4 Å². The molecule has 0 aliphatic rings. The molecule has 67 heavy (non-hydrogen) atoms. The van der Waals surface area contributed by atoms with Crippen LogP contribution in [0.4, 0.5) is 0 Å². The molecule has 0 fully saturated rings. The number of hydrogen-bond acceptors (Lipinski definition) is 6. The zero-order valence-electron chi connectivity index (χ0n) is 44.7. The van der Waals surface area contributed by atoms with Gasteiger partial charge in [-0.25, -0.2) is 0 Å². The highest BCUT2D eigenvalue weighted by Crippen LogP contribution is 2.16. The number of esters is 3. The first-order valence-electron chi connectivity index (χ1n) is 29.1. The molecule has 0 N–H and O–H groups in total. The van der Waals surface area contributed by atoms with Crippen LogP contribution in [-0.2, 0) is 28.6 Å². The number of hydrogen-bond donors (Lipinski definition) is 0. The summed E-state index contributed by atoms with van der Waals surface area (Å²) in [5, 5.41) is 0. The van der Waals surface area contributed by atoms with Gasteiger partial charge in [-0.1, -0.05) is 256 Å². The average molecular weight is 940 g/mol. The third-order valence-electron chi connectivity index (χ3n) is 12.8. The minimum Gasteiger partial charge on any atom is -0.462 e. The van der Waals surface area contributed by atoms with Gasteiger partial charge in [0.1, 0.15) is 13.2 Å². The van der Waals surface area contributed by atoms with Crippen molar-refractivity contribution >= 4 is 17.9 Å². The third-order valence-corrected chi connectivity index (χ3v) is 12.8. The maximum Gasteiger partial charge on any atom is 0.306 e. The Morgan fingerprint density at radius 1 is 0.299 bits per heavy atom. The fraction of sp³-hybridized carbons (Fsp3) is 0.820. The van der Waals surface area contributed by atoms with Gasteiger partial charge in [0.2, 0.25) is 0 Å². The number of carbonyl (C=O) groups is 3. The minimum atomic E-state index is -0.803. The molecule has 0 aliphatic carbocycles. The molecule has 0 amide bonds. The molecule has 0 bridgehead atoms. The van der Waals surface area contributed by atoms with E-state index in [1.807, 2.05) is 0 Å². The molecule has 390 valence electrons. The molecule has 0 aliphatic heterocycles. The summed E-state index contributed by atoms with van der Waals surface area (Å²) in [6.07, 6.45) is 68.3. The second kappa shape index (κ2) is 56.0. The van der Waals surface area contributed by atoms with Crippen LogP contribution in [0.2, 0.25) is 0 Å². The molecule has 1 unspecified atom stereocenters. The molecule has 0 aromatic rings. The standard InChI is InChI=1S/C61H110O6/c1-4-7-10-13-16-19-22-25-28-30-32-33-36-39-42-45-48-51-54-60(63)66-57-58(56-65-59(62)53-50-47-44-41-38-35-27-24-21-18-15-12-9-6-3)67-61(64)55-52-49-46-43-40-37-34-31-29-26-23-20-17-14-11-8-5-2/h26,29,34-35,37-38,43,46,58H,4-25,27-28,30-33,36,39-42,44-45,47-57H2,1-3H3/b29-26-,37-34-,38-35-,46-43-. The van der Waals surface area contributed by atoms with E-state index >= 15 is 0 Å². The summed E-state index contributed by atoms with van der Waals surface area (Å²) in [6.45, 7) is 6.61. The van der Waals surface area contributed by atoms with Crippen LogP contribution >= 0.6 is 0 Å². The number of ether oxygens (including phenoxy) is 3. The van der Waals surface area contributed by atoms with Crippen molar-refractivity contribution in [3.63, 3.8) is 0 Å². The molecule has 0 aromatic heterocycles. The van der Waals surface area contributed by atoms with Gasteiger partial charge in [0.15, 0.2) is 6.10 Å². The van der Waals surface area contributed by atoms with Crippen molar-refractivity contribution < 1.29 is 28.6 Å². The summed E-state index contributed by atoms with van der Waals surface area (Å²) in [7, 11) is 0. The van der Waals surface area contributed by atoms with E-state index in [9.17, 15) is 14.4 Å². The normalized spacial score (nSPS) is 12.3. The van der Waals surface area contributed by atoms with Crippen LogP contribution in [0.5, 0.6) is 0 Å². The molecule has 1 atom stereocenters. The molecule has 0 rings (SSSR count). The summed E-state index contributed by atoms with van der Waals surface area (Å²) in [6, 6.07) is 0. The zero-order valence-corrected chi connectivity index (χ0v) is 44.7. The first-order chi connectivity index (χ1) is 33.0. The quantitative estimate of drug-likeness (QED) is 0.0262. The lowest BCUT2D eigenvalue weighted by atomic mass is 10.0. The smallest absolute Gasteiger partial charge is 0.306 e. The summed E-state index contributed by atoms with van der Waals surface area (Å²) in [4.78, 5) is 38.1. The number of allylic oxidation sites excluding steroid dienone is 8. The highest BCUT2D eigenvalue weighted by molar-refractivity contribution is 5.71. The van der Waals surface area contributed by atoms with E-state index in [4.69, 9.17) is 14.2 Å². The molecule has 0 saturated carbocycles. The summed E-state index contributed by atoms with van der Waals surface area (Å²) >= 11 is 0. The predicted molar refractivity (Wildman–Crippen MR) is 289 cm³/mol. The maximum atomic E-state index is 12.8. The predicted octanol–water partition coefficient (Wildman–Crippen LogP) is 19.4. The molecule has 0 radical (unpaired) electrons. The second-order valence-electron chi connectivity index (χ2n) is 19.6. The van der Waals surface area contributed by atoms with Gasteiger partial charge in [0.25, 0.3) is 0 Å². The van der Waals surface area contributed by atoms with Gasteiger partial charge >= 0.3 is 17.9 Å². The van der Waals surface area contributed by atoms with Crippen LogP contribution in [-0.4, -0.2) is 37.2 Å². The third kappa shape index (κ3) is 54.2. The number of carbonyl (C=O) groups excluding carboxylic acids is 3. The molecule has 0 aromatic carbocycles. The zero-order chi connectivity index (χ0) is 48.6. The van der Waals surface area contributed by atoms with Crippen molar-refractivity contribution in [2.45, 2.75) is 309 Å². The largest absolute Gasteiger partial charge is 0.462 e. The van der Waals surface area contributed by atoms with Gasteiger partial charge in [-0.2, -0.15) is 0 Å². The summed E-state index contributed by atoms with van der Waals surface area (Å²) in [5.74, 6) is -0.950. The van der Waals surface area contributed by atoms with Crippen LogP contribution in [0.3, 0.4) is 0 Å². The average Bonchev–Trinajstić information content (AvgIpc) is 3.33. The number of rotatable bonds is 53. The van der Waals surface area contributed by atoms with E-state index in [1.54, 1.807) is 0 Å². The number of unbranched alkanes of at least 4 members (excludes halogenated alkanes) is 34. The van der Waals surface area contributed by atoms with Gasteiger partial charge in [-0.15, -0.1) is 0 Å². The van der Waals surface area contributed by atoms with Crippen LogP contribution in [0.25, 0.3) is 0 Å². The van der Waals surface area contributed by atoms with Gasteiger partial charge in [-0.05, 0) is 77.0 Å². The summed E-state index contributed by atoms with van der Waals surface area (Å²) in [5.41, 5.74) is 0. The maximum absolute atomic E-state index is 12.8. The van der Waals surface area contributed by atoms with Crippen LogP contribution in [0, 0.1) is 0 Å². The lowest BCUT2D eigenvalue weighted by Crippen LogP contribution is -2.30. The van der Waals surface area contributed by atoms with E-state index in [-0.39, 0.29) is 37.5 Å². The Bertz CT molecular complexity index is 1170. The topological polar surface area (TPSA) is 78.9 Å². The van der Waals surface area contributed by atoms with Crippen molar-refractivity contribution in [2.24, 2.45) is 0 Å². The first-order valence-corrected chi connectivity index (χ1v) is 29.1. The highest BCUT2D eigenvalue weighted by atomic mass is 16.6. The monoisotopic (exact) mass is 939 g/mol. The first kappa shape index (κ1) is 64.4. The Labute approximate surface area is 416 Å². The van der Waals surface area contributed by atoms with Gasteiger partial charge < -0.3 is 14.2 Å². The van der Waals surface area contributed by atoms with E-state index < -0.39 is 6.10 Å². The molecule has 0 heterocycles. The fourth-order valence-corrected chi connectivity index (χ4v) is 8.40. The minimum absolute atomic E-state index is 0.0947. The SMILES string of the molecule is CCCCCCCC/C=C\C/C=C\C/C=C\CCCC(=O)OC(COC(=O)CCCCC/C=C\CCCCCCCCC)COC(=O)CCCCCCCCCCCCCCCCCCCC. The van der Waals surface area contributed by atoms with Crippen molar-refractivity contribution in [1.82, 2.24) is 0 Å². The molecular formula is C61H110O6. The van der Waals surface area contributed by atoms with Crippen LogP contribution < -0.4 is 0 Å². The Kier molecular flexibility index (Phi) is 53.8. The molecule has 0 spiro atoms. The lowest BCUT2D eigenvalue weighted by molar-refractivity contribution is -0.167. The molecule has 6 heteroatoms. The lowest BCUT2D eigenvalue weighted by Gasteiger charge is -2.18. The molecule has 0 saturated heterocycles. The van der Waals surface area contributed by atoms with Crippen molar-refractivity contribution in [1.29, 1.82) is 0 Å². The Morgan fingerprint density at radius 2 is 0.552 bits per heavy atom. The van der Waals surface area contributed by atoms with E-state index in [2.05, 4.69) is 69.4 Å². The van der Waals surface area contributed by atoms with Gasteiger partial charge in [0.05, 0.1) is 0 Å². The highest BCUT2D eigenvalue weighted by Gasteiger charge is 2.19.